The molecule has 0 bridgehead atoms. The molecule has 0 atom stereocenters. The van der Waals surface area contributed by atoms with E-state index in [-0.39, 0.29) is 10.7 Å². The Labute approximate surface area is 186 Å². The number of urea groups is 2. The molecule has 32 heavy (non-hydrogen) atoms. The van der Waals surface area contributed by atoms with Crippen LogP contribution in [0.1, 0.15) is 11.1 Å². The topological polar surface area (TPSA) is 95.2 Å². The summed E-state index contributed by atoms with van der Waals surface area (Å²) in [4.78, 5) is 28.1. The van der Waals surface area contributed by atoms with Gasteiger partial charge in [0.25, 0.3) is 0 Å². The quantitative estimate of drug-likeness (QED) is 0.389. The zero-order chi connectivity index (χ0) is 23.1. The molecule has 0 aliphatic heterocycles. The van der Waals surface area contributed by atoms with Crippen LogP contribution in [0.2, 0.25) is 5.02 Å². The molecule has 4 amide bonds. The Bertz CT molecular complexity index is 1090. The van der Waals surface area contributed by atoms with Gasteiger partial charge >= 0.3 is 18.2 Å². The highest BCUT2D eigenvalue weighted by Gasteiger charge is 2.31. The number of aromatic nitrogens is 1. The number of hydrogen-bond donors (Lipinski definition) is 4. The lowest BCUT2D eigenvalue weighted by molar-refractivity contribution is -0.137. The third kappa shape index (κ3) is 6.61. The van der Waals surface area contributed by atoms with Gasteiger partial charge in [-0.3, -0.25) is 4.98 Å². The van der Waals surface area contributed by atoms with Gasteiger partial charge in [0.05, 0.1) is 16.3 Å². The number of carbonyl (C=O) groups is 2. The van der Waals surface area contributed by atoms with Gasteiger partial charge in [-0.1, -0.05) is 17.7 Å². The lowest BCUT2D eigenvalue weighted by atomic mass is 10.2. The molecule has 0 fully saturated rings. The summed E-state index contributed by atoms with van der Waals surface area (Å²) in [5, 5.41) is 10.0. The number of hydrogen-bond acceptors (Lipinski definition) is 3. The monoisotopic (exact) mass is 463 g/mol. The Morgan fingerprint density at radius 2 is 1.56 bits per heavy atom. The van der Waals surface area contributed by atoms with Crippen LogP contribution in [-0.2, 0) is 12.7 Å². The maximum Gasteiger partial charge on any atom is 0.416 e. The molecule has 2 aromatic carbocycles. The molecule has 0 spiro atoms. The standard InChI is InChI=1S/C21H17ClF3N5O2/c22-17-8-3-14(21(23,24)25)10-18(17)30-20(32)29-16-6-4-15(5-7-16)28-19(31)27-12-13-2-1-9-26-11-13/h1-11H,12H2,(H2,27,28,31)(H2,29,30,32). The second-order valence-corrected chi connectivity index (χ2v) is 6.93. The minimum Gasteiger partial charge on any atom is -0.334 e. The van der Waals surface area contributed by atoms with Crippen LogP contribution in [0, 0.1) is 0 Å². The minimum atomic E-state index is -4.56. The van der Waals surface area contributed by atoms with E-state index >= 15 is 0 Å². The molecule has 3 aromatic rings. The van der Waals surface area contributed by atoms with E-state index in [0.29, 0.717) is 17.9 Å². The van der Waals surface area contributed by atoms with Crippen LogP contribution in [0.15, 0.2) is 67.0 Å². The molecule has 1 heterocycles. The normalized spacial score (nSPS) is 10.9. The van der Waals surface area contributed by atoms with Crippen molar-refractivity contribution in [2.24, 2.45) is 0 Å². The van der Waals surface area contributed by atoms with Crippen molar-refractivity contribution in [3.05, 3.63) is 83.1 Å². The Morgan fingerprint density at radius 1 is 0.906 bits per heavy atom. The van der Waals surface area contributed by atoms with Gasteiger partial charge in [0.15, 0.2) is 0 Å². The number of amides is 4. The number of carbonyl (C=O) groups excluding carboxylic acids is 2. The van der Waals surface area contributed by atoms with E-state index in [4.69, 9.17) is 11.6 Å². The molecular weight excluding hydrogens is 447 g/mol. The summed E-state index contributed by atoms with van der Waals surface area (Å²) < 4.78 is 38.5. The third-order valence-corrected chi connectivity index (χ3v) is 4.45. The summed E-state index contributed by atoms with van der Waals surface area (Å²) >= 11 is 5.87. The summed E-state index contributed by atoms with van der Waals surface area (Å²) in [6.07, 6.45) is -1.30. The van der Waals surface area contributed by atoms with Gasteiger partial charge in [0, 0.05) is 30.3 Å². The number of pyridine rings is 1. The minimum absolute atomic E-state index is 0.0370. The number of nitrogens with one attached hydrogen (secondary N) is 4. The van der Waals surface area contributed by atoms with Crippen molar-refractivity contribution in [1.29, 1.82) is 0 Å². The van der Waals surface area contributed by atoms with E-state index in [9.17, 15) is 22.8 Å². The SMILES string of the molecule is O=C(NCc1cccnc1)Nc1ccc(NC(=O)Nc2cc(C(F)(F)F)ccc2Cl)cc1. The average Bonchev–Trinajstić information content (AvgIpc) is 2.75. The highest BCUT2D eigenvalue weighted by atomic mass is 35.5. The maximum absolute atomic E-state index is 12.8. The number of nitrogens with zero attached hydrogens (tertiary/aromatic N) is 1. The van der Waals surface area contributed by atoms with Gasteiger partial charge in [-0.05, 0) is 54.1 Å². The highest BCUT2D eigenvalue weighted by molar-refractivity contribution is 6.33. The first-order chi connectivity index (χ1) is 15.2. The predicted molar refractivity (Wildman–Crippen MR) is 116 cm³/mol. The third-order valence-electron chi connectivity index (χ3n) is 4.12. The Balaban J connectivity index is 1.53. The van der Waals surface area contributed by atoms with E-state index in [0.717, 1.165) is 23.8 Å². The predicted octanol–water partition coefficient (Wildman–Crippen LogP) is 5.72. The van der Waals surface area contributed by atoms with Crippen molar-refractivity contribution in [2.75, 3.05) is 16.0 Å². The molecule has 11 heteroatoms. The molecule has 166 valence electrons. The summed E-state index contributed by atoms with van der Waals surface area (Å²) in [5.74, 6) is 0. The molecule has 1 aromatic heterocycles. The van der Waals surface area contributed by atoms with Crippen molar-refractivity contribution in [3.8, 4) is 0 Å². The highest BCUT2D eigenvalue weighted by Crippen LogP contribution is 2.33. The molecule has 7 nitrogen and oxygen atoms in total. The molecule has 3 rings (SSSR count). The van der Waals surface area contributed by atoms with Crippen molar-refractivity contribution in [1.82, 2.24) is 10.3 Å². The van der Waals surface area contributed by atoms with Gasteiger partial charge in [-0.25, -0.2) is 9.59 Å². The van der Waals surface area contributed by atoms with Crippen molar-refractivity contribution in [2.45, 2.75) is 12.7 Å². The van der Waals surface area contributed by atoms with E-state index in [1.165, 1.54) is 12.1 Å². The smallest absolute Gasteiger partial charge is 0.334 e. The second kappa shape index (κ2) is 10.0. The first-order valence-electron chi connectivity index (χ1n) is 9.19. The summed E-state index contributed by atoms with van der Waals surface area (Å²) in [6.45, 7) is 0.303. The summed E-state index contributed by atoms with van der Waals surface area (Å²) in [7, 11) is 0. The van der Waals surface area contributed by atoms with Crippen molar-refractivity contribution >= 4 is 40.7 Å². The fraction of sp³-hybridized carbons (Fsp3) is 0.0952. The van der Waals surface area contributed by atoms with E-state index in [1.54, 1.807) is 30.6 Å². The molecule has 0 radical (unpaired) electrons. The number of halogens is 4. The van der Waals surface area contributed by atoms with Crippen LogP contribution in [0.4, 0.5) is 39.8 Å². The lowest BCUT2D eigenvalue weighted by Gasteiger charge is -2.13. The molecular formula is C21H17ClF3N5O2. The first-order valence-corrected chi connectivity index (χ1v) is 9.57. The van der Waals surface area contributed by atoms with Crippen LogP contribution in [0.5, 0.6) is 0 Å². The molecule has 0 aliphatic rings. The fourth-order valence-electron chi connectivity index (χ4n) is 2.58. The number of rotatable bonds is 5. The molecule has 0 aliphatic carbocycles. The van der Waals surface area contributed by atoms with E-state index in [1.807, 2.05) is 6.07 Å². The number of anilines is 3. The Hall–Kier alpha value is -3.79. The van der Waals surface area contributed by atoms with Crippen molar-refractivity contribution in [3.63, 3.8) is 0 Å². The zero-order valence-electron chi connectivity index (χ0n) is 16.3. The van der Waals surface area contributed by atoms with Gasteiger partial charge in [-0.2, -0.15) is 13.2 Å². The van der Waals surface area contributed by atoms with Crippen LogP contribution in [-0.4, -0.2) is 17.0 Å². The second-order valence-electron chi connectivity index (χ2n) is 6.52. The van der Waals surface area contributed by atoms with Crippen molar-refractivity contribution < 1.29 is 22.8 Å². The zero-order valence-corrected chi connectivity index (χ0v) is 17.1. The number of benzene rings is 2. The Kier molecular flexibility index (Phi) is 7.16. The molecule has 0 saturated carbocycles. The maximum atomic E-state index is 12.8. The van der Waals surface area contributed by atoms with Gasteiger partial charge in [-0.15, -0.1) is 0 Å². The van der Waals surface area contributed by atoms with E-state index < -0.39 is 23.8 Å². The molecule has 0 saturated heterocycles. The van der Waals surface area contributed by atoms with Gasteiger partial charge in [0.1, 0.15) is 0 Å². The van der Waals surface area contributed by atoms with Gasteiger partial charge in [0.2, 0.25) is 0 Å². The lowest BCUT2D eigenvalue weighted by Crippen LogP contribution is -2.28. The fourth-order valence-corrected chi connectivity index (χ4v) is 2.74. The van der Waals surface area contributed by atoms with Crippen LogP contribution in [0.3, 0.4) is 0 Å². The Morgan fingerprint density at radius 3 is 2.16 bits per heavy atom. The average molecular weight is 464 g/mol. The number of alkyl halides is 3. The van der Waals surface area contributed by atoms with Crippen LogP contribution >= 0.6 is 11.6 Å². The molecule has 0 unspecified atom stereocenters. The molecule has 4 N–H and O–H groups in total. The largest absolute Gasteiger partial charge is 0.416 e. The van der Waals surface area contributed by atoms with Crippen LogP contribution in [0.25, 0.3) is 0 Å². The van der Waals surface area contributed by atoms with Gasteiger partial charge < -0.3 is 21.3 Å². The van der Waals surface area contributed by atoms with Crippen LogP contribution < -0.4 is 21.3 Å². The first kappa shape index (κ1) is 22.9. The summed E-state index contributed by atoms with van der Waals surface area (Å²) in [6, 6.07) is 11.2. The van der Waals surface area contributed by atoms with E-state index in [2.05, 4.69) is 26.3 Å². The summed E-state index contributed by atoms with van der Waals surface area (Å²) in [5.41, 5.74) is 0.554.